The molecule has 0 bridgehead atoms. The second-order valence-corrected chi connectivity index (χ2v) is 10.5. The molecule has 1 aromatic heterocycles. The van der Waals surface area contributed by atoms with Crippen LogP contribution in [0.5, 0.6) is 0 Å². The number of anilines is 1. The van der Waals surface area contributed by atoms with E-state index in [2.05, 4.69) is 17.2 Å². The molecule has 2 aromatic rings. The minimum Gasteiger partial charge on any atom is -0.481 e. The fourth-order valence-corrected chi connectivity index (χ4v) is 5.58. The van der Waals surface area contributed by atoms with Crippen LogP contribution in [0, 0.1) is 5.92 Å². The molecule has 1 fully saturated rings. The predicted molar refractivity (Wildman–Crippen MR) is 128 cm³/mol. The van der Waals surface area contributed by atoms with Gasteiger partial charge in [0.05, 0.1) is 30.0 Å². The number of aliphatic carboxylic acids is 1. The highest BCUT2D eigenvalue weighted by Gasteiger charge is 2.28. The molecule has 7 nitrogen and oxygen atoms in total. The lowest BCUT2D eigenvalue weighted by atomic mass is 9.86. The Bertz CT molecular complexity index is 854. The van der Waals surface area contributed by atoms with Crippen LogP contribution in [-0.4, -0.2) is 51.9 Å². The number of nitrogens with zero attached hydrogens (tertiary/aromatic N) is 2. The highest BCUT2D eigenvalue weighted by Crippen LogP contribution is 2.30. The molecule has 32 heavy (non-hydrogen) atoms. The van der Waals surface area contributed by atoms with Crippen molar-refractivity contribution in [3.8, 4) is 0 Å². The molecule has 9 heteroatoms. The second-order valence-electron chi connectivity index (χ2n) is 8.05. The van der Waals surface area contributed by atoms with Crippen molar-refractivity contribution in [2.24, 2.45) is 5.92 Å². The van der Waals surface area contributed by atoms with Gasteiger partial charge in [-0.2, -0.15) is 0 Å². The number of amides is 2. The van der Waals surface area contributed by atoms with E-state index in [9.17, 15) is 9.59 Å². The number of hydrogen-bond donors (Lipinski definition) is 2. The smallest absolute Gasteiger partial charge is 0.323 e. The molecular weight excluding hydrogens is 446 g/mol. The standard InChI is InChI=1S/C23H31N3O4S2/c1-17-7-9-19(10-8-17)26(12-13-30-16-18-5-3-2-4-6-18)23(29)25-22-24-15-21(32-22)31-14-11-20(27)28/h2-6,15,17,19H,7-14,16H2,1H3,(H,27,28)(H,24,25,29). The summed E-state index contributed by atoms with van der Waals surface area (Å²) in [6.45, 7) is 3.80. The fourth-order valence-electron chi connectivity index (χ4n) is 3.72. The first-order valence-electron chi connectivity index (χ1n) is 11.0. The first-order valence-corrected chi connectivity index (χ1v) is 12.8. The third-order valence-electron chi connectivity index (χ3n) is 5.53. The van der Waals surface area contributed by atoms with Gasteiger partial charge in [0.25, 0.3) is 0 Å². The van der Waals surface area contributed by atoms with E-state index in [1.54, 1.807) is 6.20 Å². The van der Waals surface area contributed by atoms with Crippen LogP contribution < -0.4 is 5.32 Å². The van der Waals surface area contributed by atoms with Gasteiger partial charge in [-0.25, -0.2) is 9.78 Å². The molecule has 0 unspecified atom stereocenters. The van der Waals surface area contributed by atoms with Crippen LogP contribution in [0.3, 0.4) is 0 Å². The van der Waals surface area contributed by atoms with Gasteiger partial charge >= 0.3 is 12.0 Å². The molecule has 2 amide bonds. The first-order chi connectivity index (χ1) is 15.5. The zero-order valence-electron chi connectivity index (χ0n) is 18.4. The molecule has 1 aliphatic carbocycles. The van der Waals surface area contributed by atoms with E-state index < -0.39 is 5.97 Å². The zero-order chi connectivity index (χ0) is 22.8. The van der Waals surface area contributed by atoms with Crippen LogP contribution in [0.25, 0.3) is 0 Å². The van der Waals surface area contributed by atoms with E-state index >= 15 is 0 Å². The van der Waals surface area contributed by atoms with Crippen LogP contribution >= 0.6 is 23.1 Å². The molecule has 3 rings (SSSR count). The number of nitrogens with one attached hydrogen (secondary N) is 1. The van der Waals surface area contributed by atoms with Crippen LogP contribution in [-0.2, 0) is 16.1 Å². The van der Waals surface area contributed by atoms with Crippen molar-refractivity contribution in [2.75, 3.05) is 24.2 Å². The highest BCUT2D eigenvalue weighted by atomic mass is 32.2. The largest absolute Gasteiger partial charge is 0.481 e. The Balaban J connectivity index is 1.54. The Hall–Kier alpha value is -2.10. The number of urea groups is 1. The molecule has 0 radical (unpaired) electrons. The Morgan fingerprint density at radius 1 is 1.25 bits per heavy atom. The number of benzene rings is 1. The van der Waals surface area contributed by atoms with Gasteiger partial charge < -0.3 is 14.7 Å². The van der Waals surface area contributed by atoms with Gasteiger partial charge in [0.2, 0.25) is 0 Å². The van der Waals surface area contributed by atoms with Gasteiger partial charge in [-0.1, -0.05) is 48.6 Å². The van der Waals surface area contributed by atoms with Crippen LogP contribution in [0.15, 0.2) is 40.7 Å². The number of thioether (sulfide) groups is 1. The number of carbonyl (C=O) groups excluding carboxylic acids is 1. The maximum Gasteiger partial charge on any atom is 0.323 e. The number of carboxylic acids is 1. The molecule has 0 aliphatic heterocycles. The van der Waals surface area contributed by atoms with Crippen molar-refractivity contribution in [1.82, 2.24) is 9.88 Å². The average molecular weight is 478 g/mol. The van der Waals surface area contributed by atoms with E-state index in [1.165, 1.54) is 23.1 Å². The summed E-state index contributed by atoms with van der Waals surface area (Å²) in [6, 6.07) is 10.1. The molecule has 0 spiro atoms. The Morgan fingerprint density at radius 3 is 2.72 bits per heavy atom. The van der Waals surface area contributed by atoms with E-state index in [0.717, 1.165) is 35.5 Å². The van der Waals surface area contributed by atoms with Crippen LogP contribution in [0.1, 0.15) is 44.6 Å². The van der Waals surface area contributed by atoms with Crippen LogP contribution in [0.2, 0.25) is 0 Å². The van der Waals surface area contributed by atoms with E-state index in [-0.39, 0.29) is 18.5 Å². The summed E-state index contributed by atoms with van der Waals surface area (Å²) >= 11 is 2.81. The Labute approximate surface area is 197 Å². The number of ether oxygens (including phenoxy) is 1. The van der Waals surface area contributed by atoms with E-state index in [0.29, 0.717) is 36.6 Å². The third kappa shape index (κ3) is 8.11. The number of hydrogen-bond acceptors (Lipinski definition) is 6. The summed E-state index contributed by atoms with van der Waals surface area (Å²) < 4.78 is 6.74. The monoisotopic (exact) mass is 477 g/mol. The molecular formula is C23H31N3O4S2. The molecule has 2 N–H and O–H groups in total. The van der Waals surface area contributed by atoms with Crippen molar-refractivity contribution >= 4 is 40.2 Å². The first kappa shape index (κ1) is 24.5. The van der Waals surface area contributed by atoms with Crippen molar-refractivity contribution in [3.05, 3.63) is 42.1 Å². The SMILES string of the molecule is CC1CCC(N(CCOCc2ccccc2)C(=O)Nc2ncc(SCCC(=O)O)s2)CC1. The number of carboxylic acid groups (broad SMARTS) is 1. The lowest BCUT2D eigenvalue weighted by molar-refractivity contribution is -0.136. The van der Waals surface area contributed by atoms with E-state index in [1.807, 2.05) is 35.2 Å². The Kier molecular flexibility index (Phi) is 9.83. The molecule has 0 saturated heterocycles. The van der Waals surface area contributed by atoms with Crippen LogP contribution in [0.4, 0.5) is 9.93 Å². The molecule has 0 atom stereocenters. The molecule has 1 aromatic carbocycles. The molecule has 1 heterocycles. The lowest BCUT2D eigenvalue weighted by Gasteiger charge is -2.36. The summed E-state index contributed by atoms with van der Waals surface area (Å²) in [5.74, 6) is 0.369. The van der Waals surface area contributed by atoms with Gasteiger partial charge in [0.1, 0.15) is 0 Å². The van der Waals surface area contributed by atoms with Crippen molar-refractivity contribution in [3.63, 3.8) is 0 Å². The van der Waals surface area contributed by atoms with Crippen molar-refractivity contribution in [1.29, 1.82) is 0 Å². The number of thiazole rings is 1. The fraction of sp³-hybridized carbons (Fsp3) is 0.522. The quantitative estimate of drug-likeness (QED) is 0.335. The second kappa shape index (κ2) is 12.8. The van der Waals surface area contributed by atoms with Gasteiger partial charge in [0, 0.05) is 18.3 Å². The Morgan fingerprint density at radius 2 is 2.00 bits per heavy atom. The summed E-state index contributed by atoms with van der Waals surface area (Å²) in [5.41, 5.74) is 1.12. The average Bonchev–Trinajstić information content (AvgIpc) is 3.22. The van der Waals surface area contributed by atoms with Gasteiger partial charge in [-0.05, 0) is 37.2 Å². The van der Waals surface area contributed by atoms with Crippen molar-refractivity contribution in [2.45, 2.75) is 55.9 Å². The topological polar surface area (TPSA) is 91.8 Å². The highest BCUT2D eigenvalue weighted by molar-refractivity contribution is 8.01. The predicted octanol–water partition coefficient (Wildman–Crippen LogP) is 5.34. The van der Waals surface area contributed by atoms with E-state index in [4.69, 9.17) is 9.84 Å². The molecule has 174 valence electrons. The summed E-state index contributed by atoms with van der Waals surface area (Å²) in [7, 11) is 0. The summed E-state index contributed by atoms with van der Waals surface area (Å²) in [4.78, 5) is 30.0. The summed E-state index contributed by atoms with van der Waals surface area (Å²) in [6.07, 6.45) is 6.04. The molecule has 1 aliphatic rings. The van der Waals surface area contributed by atoms with Gasteiger partial charge in [-0.15, -0.1) is 11.8 Å². The maximum absolute atomic E-state index is 13.1. The van der Waals surface area contributed by atoms with Gasteiger partial charge in [-0.3, -0.25) is 10.1 Å². The van der Waals surface area contributed by atoms with Gasteiger partial charge in [0.15, 0.2) is 5.13 Å². The minimum atomic E-state index is -0.817. The minimum absolute atomic E-state index is 0.0983. The molecule has 1 saturated carbocycles. The lowest BCUT2D eigenvalue weighted by Crippen LogP contribution is -2.46. The third-order valence-corrected chi connectivity index (χ3v) is 7.64. The normalized spacial score (nSPS) is 18.3. The maximum atomic E-state index is 13.1. The number of rotatable bonds is 11. The van der Waals surface area contributed by atoms with Crippen molar-refractivity contribution < 1.29 is 19.4 Å². The summed E-state index contributed by atoms with van der Waals surface area (Å²) in [5, 5.41) is 12.2. The number of aromatic nitrogens is 1. The number of carbonyl (C=O) groups is 2. The zero-order valence-corrected chi connectivity index (χ0v) is 20.0.